The first-order valence-corrected chi connectivity index (χ1v) is 5.29. The van der Waals surface area contributed by atoms with Crippen LogP contribution in [0.2, 0.25) is 0 Å². The molecule has 0 aliphatic carbocycles. The molecular weight excluding hydrogens is 190 g/mol. The van der Waals surface area contributed by atoms with Crippen molar-refractivity contribution in [2.75, 3.05) is 6.61 Å². The summed E-state index contributed by atoms with van der Waals surface area (Å²) in [4.78, 5) is 15.2. The number of hydrogen-bond acceptors (Lipinski definition) is 3. The van der Waals surface area contributed by atoms with E-state index in [1.807, 2.05) is 25.3 Å². The summed E-state index contributed by atoms with van der Waals surface area (Å²) in [6, 6.07) is 3.94. The van der Waals surface area contributed by atoms with Crippen LogP contribution in [0.4, 0.5) is 0 Å². The molecule has 0 saturated carbocycles. The van der Waals surface area contributed by atoms with Crippen LogP contribution in [0.25, 0.3) is 0 Å². The minimum absolute atomic E-state index is 0.117. The van der Waals surface area contributed by atoms with E-state index in [2.05, 4.69) is 11.9 Å². The Bertz CT molecular complexity index is 298. The van der Waals surface area contributed by atoms with Gasteiger partial charge in [-0.2, -0.15) is 0 Å². The molecule has 1 atom stereocenters. The Morgan fingerprint density at radius 3 is 3.00 bits per heavy atom. The first kappa shape index (κ1) is 11.7. The van der Waals surface area contributed by atoms with Crippen molar-refractivity contribution in [1.29, 1.82) is 0 Å². The molecule has 3 heteroatoms. The third-order valence-corrected chi connectivity index (χ3v) is 2.34. The molecule has 0 fully saturated rings. The van der Waals surface area contributed by atoms with Gasteiger partial charge in [0, 0.05) is 18.8 Å². The number of carbonyl (C=O) groups excluding carboxylic acids is 1. The van der Waals surface area contributed by atoms with Crippen molar-refractivity contribution >= 4 is 5.97 Å². The van der Waals surface area contributed by atoms with Crippen molar-refractivity contribution in [3.8, 4) is 0 Å². The van der Waals surface area contributed by atoms with Crippen molar-refractivity contribution in [2.45, 2.75) is 32.6 Å². The lowest BCUT2D eigenvalue weighted by molar-refractivity contribution is -0.143. The topological polar surface area (TPSA) is 39.2 Å². The standard InChI is InChI=1S/C12H17NO2/c1-3-15-12(14)7-6-10(2)11-5-4-8-13-9-11/h4-5,8-10H,3,6-7H2,1-2H3. The van der Waals surface area contributed by atoms with Crippen LogP contribution in [0.15, 0.2) is 24.5 Å². The average Bonchev–Trinajstić information content (AvgIpc) is 2.27. The number of esters is 1. The van der Waals surface area contributed by atoms with Gasteiger partial charge in [0.05, 0.1) is 6.61 Å². The van der Waals surface area contributed by atoms with E-state index in [0.29, 0.717) is 18.9 Å². The molecule has 0 amide bonds. The van der Waals surface area contributed by atoms with Gasteiger partial charge in [0.15, 0.2) is 0 Å². The Morgan fingerprint density at radius 2 is 2.40 bits per heavy atom. The van der Waals surface area contributed by atoms with Gasteiger partial charge in [-0.05, 0) is 30.9 Å². The molecule has 3 nitrogen and oxygen atoms in total. The van der Waals surface area contributed by atoms with E-state index in [0.717, 1.165) is 6.42 Å². The van der Waals surface area contributed by atoms with Gasteiger partial charge < -0.3 is 4.74 Å². The van der Waals surface area contributed by atoms with Gasteiger partial charge in [-0.25, -0.2) is 0 Å². The van der Waals surface area contributed by atoms with Gasteiger partial charge in [-0.15, -0.1) is 0 Å². The van der Waals surface area contributed by atoms with Crippen LogP contribution in [-0.4, -0.2) is 17.6 Å². The molecule has 1 aromatic rings. The molecular formula is C12H17NO2. The summed E-state index contributed by atoms with van der Waals surface area (Å²) in [7, 11) is 0. The van der Waals surface area contributed by atoms with Crippen molar-refractivity contribution < 1.29 is 9.53 Å². The second-order valence-corrected chi connectivity index (χ2v) is 3.53. The van der Waals surface area contributed by atoms with Gasteiger partial charge in [0.1, 0.15) is 0 Å². The van der Waals surface area contributed by atoms with E-state index in [9.17, 15) is 4.79 Å². The van der Waals surface area contributed by atoms with E-state index >= 15 is 0 Å². The molecule has 1 rings (SSSR count). The third-order valence-electron chi connectivity index (χ3n) is 2.34. The highest BCUT2D eigenvalue weighted by atomic mass is 16.5. The number of hydrogen-bond donors (Lipinski definition) is 0. The molecule has 0 spiro atoms. The second-order valence-electron chi connectivity index (χ2n) is 3.53. The summed E-state index contributed by atoms with van der Waals surface area (Å²) < 4.78 is 4.87. The van der Waals surface area contributed by atoms with Crippen molar-refractivity contribution in [3.05, 3.63) is 30.1 Å². The molecule has 0 bridgehead atoms. The molecule has 82 valence electrons. The minimum atomic E-state index is -0.117. The highest BCUT2D eigenvalue weighted by Crippen LogP contribution is 2.19. The van der Waals surface area contributed by atoms with Crippen LogP contribution >= 0.6 is 0 Å². The highest BCUT2D eigenvalue weighted by Gasteiger charge is 2.08. The summed E-state index contributed by atoms with van der Waals surface area (Å²) in [5.74, 6) is 0.233. The molecule has 1 aromatic heterocycles. The number of pyridine rings is 1. The smallest absolute Gasteiger partial charge is 0.305 e. The minimum Gasteiger partial charge on any atom is -0.466 e. The summed E-state index contributed by atoms with van der Waals surface area (Å²) >= 11 is 0. The largest absolute Gasteiger partial charge is 0.466 e. The maximum Gasteiger partial charge on any atom is 0.305 e. The Labute approximate surface area is 90.5 Å². The first-order valence-electron chi connectivity index (χ1n) is 5.29. The molecule has 0 aliphatic heterocycles. The van der Waals surface area contributed by atoms with Crippen LogP contribution in [-0.2, 0) is 9.53 Å². The zero-order valence-electron chi connectivity index (χ0n) is 9.27. The van der Waals surface area contributed by atoms with Crippen LogP contribution in [0.1, 0.15) is 38.2 Å². The van der Waals surface area contributed by atoms with Crippen molar-refractivity contribution in [2.24, 2.45) is 0 Å². The fourth-order valence-corrected chi connectivity index (χ4v) is 1.40. The number of carbonyl (C=O) groups is 1. The van der Waals surface area contributed by atoms with Gasteiger partial charge in [-0.3, -0.25) is 9.78 Å². The van der Waals surface area contributed by atoms with Crippen molar-refractivity contribution in [1.82, 2.24) is 4.98 Å². The Balaban J connectivity index is 2.37. The second kappa shape index (κ2) is 6.17. The van der Waals surface area contributed by atoms with E-state index < -0.39 is 0 Å². The quantitative estimate of drug-likeness (QED) is 0.696. The zero-order chi connectivity index (χ0) is 11.1. The summed E-state index contributed by atoms with van der Waals surface area (Å²) in [6.07, 6.45) is 4.88. The van der Waals surface area contributed by atoms with Gasteiger partial charge >= 0.3 is 5.97 Å². The highest BCUT2D eigenvalue weighted by molar-refractivity contribution is 5.69. The number of rotatable bonds is 5. The maximum absolute atomic E-state index is 11.1. The summed E-state index contributed by atoms with van der Waals surface area (Å²) in [5, 5.41) is 0. The van der Waals surface area contributed by atoms with E-state index in [-0.39, 0.29) is 5.97 Å². The van der Waals surface area contributed by atoms with Crippen LogP contribution in [0, 0.1) is 0 Å². The van der Waals surface area contributed by atoms with E-state index in [1.54, 1.807) is 6.20 Å². The molecule has 15 heavy (non-hydrogen) atoms. The SMILES string of the molecule is CCOC(=O)CCC(C)c1cccnc1. The Hall–Kier alpha value is -1.38. The molecule has 0 N–H and O–H groups in total. The lowest BCUT2D eigenvalue weighted by atomic mass is 9.98. The third kappa shape index (κ3) is 4.11. The molecule has 0 radical (unpaired) electrons. The Morgan fingerprint density at radius 1 is 1.60 bits per heavy atom. The van der Waals surface area contributed by atoms with Crippen molar-refractivity contribution in [3.63, 3.8) is 0 Å². The zero-order valence-corrected chi connectivity index (χ0v) is 9.27. The summed E-state index contributed by atoms with van der Waals surface area (Å²) in [6.45, 7) is 4.37. The van der Waals surface area contributed by atoms with Crippen LogP contribution in [0.3, 0.4) is 0 Å². The number of aromatic nitrogens is 1. The average molecular weight is 207 g/mol. The lowest BCUT2D eigenvalue weighted by Crippen LogP contribution is -2.05. The van der Waals surface area contributed by atoms with Gasteiger partial charge in [-0.1, -0.05) is 13.0 Å². The van der Waals surface area contributed by atoms with Gasteiger partial charge in [0.25, 0.3) is 0 Å². The maximum atomic E-state index is 11.1. The molecule has 1 heterocycles. The first-order chi connectivity index (χ1) is 7.24. The number of ether oxygens (including phenoxy) is 1. The monoisotopic (exact) mass is 207 g/mol. The molecule has 0 aromatic carbocycles. The fraction of sp³-hybridized carbons (Fsp3) is 0.500. The number of nitrogens with zero attached hydrogens (tertiary/aromatic N) is 1. The fourth-order valence-electron chi connectivity index (χ4n) is 1.40. The van der Waals surface area contributed by atoms with Crippen LogP contribution < -0.4 is 0 Å². The van der Waals surface area contributed by atoms with Crippen LogP contribution in [0.5, 0.6) is 0 Å². The predicted molar refractivity (Wildman–Crippen MR) is 58.5 cm³/mol. The molecule has 0 saturated heterocycles. The Kier molecular flexibility index (Phi) is 4.81. The predicted octanol–water partition coefficient (Wildman–Crippen LogP) is 2.53. The normalized spacial score (nSPS) is 12.1. The molecule has 1 unspecified atom stereocenters. The summed E-state index contributed by atoms with van der Waals surface area (Å²) in [5.41, 5.74) is 1.17. The van der Waals surface area contributed by atoms with E-state index in [1.165, 1.54) is 5.56 Å². The van der Waals surface area contributed by atoms with E-state index in [4.69, 9.17) is 4.74 Å². The lowest BCUT2D eigenvalue weighted by Gasteiger charge is -2.10. The van der Waals surface area contributed by atoms with Gasteiger partial charge in [0.2, 0.25) is 0 Å². The molecule has 0 aliphatic rings.